The van der Waals surface area contributed by atoms with Crippen molar-refractivity contribution in [1.29, 1.82) is 0 Å². The number of anilines is 1. The van der Waals surface area contributed by atoms with Crippen molar-refractivity contribution in [1.82, 2.24) is 10.2 Å². The number of likely N-dealkylation sites (N-methyl/N-ethyl adjacent to an activating group) is 1. The molecule has 0 bridgehead atoms. The number of aryl methyl sites for hydroxylation is 1. The van der Waals surface area contributed by atoms with E-state index in [1.54, 1.807) is 0 Å². The summed E-state index contributed by atoms with van der Waals surface area (Å²) in [7, 11) is 2.17. The Bertz CT molecular complexity index is 1010. The first kappa shape index (κ1) is 22.4. The number of piperazine rings is 1. The van der Waals surface area contributed by atoms with Crippen molar-refractivity contribution >= 4 is 23.4 Å². The summed E-state index contributed by atoms with van der Waals surface area (Å²) in [6, 6.07) is 25.0. The zero-order chi connectivity index (χ0) is 22.3. The molecule has 3 aromatic carbocycles. The second-order valence-corrected chi connectivity index (χ2v) is 9.49. The molecule has 1 amide bonds. The van der Waals surface area contributed by atoms with E-state index in [0.717, 1.165) is 37.5 Å². The van der Waals surface area contributed by atoms with Gasteiger partial charge < -0.3 is 15.1 Å². The first-order valence-corrected chi connectivity index (χ1v) is 12.1. The van der Waals surface area contributed by atoms with E-state index in [4.69, 9.17) is 0 Å². The molecule has 0 saturated carbocycles. The van der Waals surface area contributed by atoms with Crippen LogP contribution >= 0.6 is 11.8 Å². The van der Waals surface area contributed by atoms with Crippen LogP contribution in [0.4, 0.5) is 5.69 Å². The minimum atomic E-state index is -0.0362. The number of carbonyl (C=O) groups excluding carboxylic acids is 1. The molecule has 166 valence electrons. The fourth-order valence-electron chi connectivity index (χ4n) is 3.73. The smallest absolute Gasteiger partial charge is 0.251 e. The zero-order valence-corrected chi connectivity index (χ0v) is 19.7. The van der Waals surface area contributed by atoms with Gasteiger partial charge in [-0.1, -0.05) is 42.0 Å². The highest BCUT2D eigenvalue weighted by molar-refractivity contribution is 7.98. The van der Waals surface area contributed by atoms with E-state index in [1.807, 2.05) is 36.0 Å². The van der Waals surface area contributed by atoms with E-state index >= 15 is 0 Å². The van der Waals surface area contributed by atoms with Crippen LogP contribution in [0.5, 0.6) is 0 Å². The molecule has 1 fully saturated rings. The summed E-state index contributed by atoms with van der Waals surface area (Å²) >= 11 is 1.81. The molecule has 1 aliphatic rings. The summed E-state index contributed by atoms with van der Waals surface area (Å²) in [4.78, 5) is 18.6. The highest BCUT2D eigenvalue weighted by atomic mass is 32.2. The molecule has 5 heteroatoms. The Labute approximate surface area is 195 Å². The molecule has 32 heavy (non-hydrogen) atoms. The molecule has 1 aliphatic heterocycles. The topological polar surface area (TPSA) is 35.6 Å². The van der Waals surface area contributed by atoms with E-state index in [1.165, 1.54) is 21.7 Å². The van der Waals surface area contributed by atoms with Crippen LogP contribution in [0.25, 0.3) is 0 Å². The van der Waals surface area contributed by atoms with Crippen LogP contribution in [-0.4, -0.2) is 44.0 Å². The number of carbonyl (C=O) groups is 1. The lowest BCUT2D eigenvalue weighted by molar-refractivity contribution is 0.0951. The first-order valence-electron chi connectivity index (χ1n) is 11.2. The van der Waals surface area contributed by atoms with E-state index in [9.17, 15) is 4.79 Å². The lowest BCUT2D eigenvalue weighted by atomic mass is 10.1. The number of nitrogens with zero attached hydrogens (tertiary/aromatic N) is 2. The summed E-state index contributed by atoms with van der Waals surface area (Å²) in [5.74, 6) is 0.857. The number of thioether (sulfide) groups is 1. The standard InChI is InChI=1S/C27H31N3OS/c1-21-3-13-26(14-4-21)32-20-23-5-9-24(10-6-23)27(31)28-19-22-7-11-25(12-8-22)30-17-15-29(2)16-18-30/h3-14H,15-20H2,1-2H3,(H,28,31). The molecule has 0 unspecified atom stereocenters. The van der Waals surface area contributed by atoms with Gasteiger partial charge >= 0.3 is 0 Å². The van der Waals surface area contributed by atoms with Crippen molar-refractivity contribution in [3.8, 4) is 0 Å². The third-order valence-corrected chi connectivity index (χ3v) is 6.98. The number of benzene rings is 3. The molecule has 0 spiro atoms. The van der Waals surface area contributed by atoms with Gasteiger partial charge in [0.15, 0.2) is 0 Å². The monoisotopic (exact) mass is 445 g/mol. The van der Waals surface area contributed by atoms with Crippen molar-refractivity contribution in [3.05, 3.63) is 95.1 Å². The Morgan fingerprint density at radius 3 is 2.12 bits per heavy atom. The second kappa shape index (κ2) is 10.7. The SMILES string of the molecule is Cc1ccc(SCc2ccc(C(=O)NCc3ccc(N4CCN(C)CC4)cc3)cc2)cc1. The summed E-state index contributed by atoms with van der Waals surface area (Å²) in [5, 5.41) is 3.04. The Morgan fingerprint density at radius 2 is 1.47 bits per heavy atom. The zero-order valence-electron chi connectivity index (χ0n) is 18.9. The van der Waals surface area contributed by atoms with Crippen LogP contribution in [0.3, 0.4) is 0 Å². The van der Waals surface area contributed by atoms with Crippen LogP contribution in [0, 0.1) is 6.92 Å². The average molecular weight is 446 g/mol. The van der Waals surface area contributed by atoms with E-state index < -0.39 is 0 Å². The predicted octanol–water partition coefficient (Wildman–Crippen LogP) is 4.97. The first-order chi connectivity index (χ1) is 15.6. The fraction of sp³-hybridized carbons (Fsp3) is 0.296. The average Bonchev–Trinajstić information content (AvgIpc) is 2.83. The van der Waals surface area contributed by atoms with Gasteiger partial charge in [0.2, 0.25) is 0 Å². The molecular formula is C27H31N3OS. The molecule has 1 N–H and O–H groups in total. The Balaban J connectivity index is 1.25. The van der Waals surface area contributed by atoms with Gasteiger partial charge in [0, 0.05) is 54.6 Å². The predicted molar refractivity (Wildman–Crippen MR) is 135 cm³/mol. The Kier molecular flexibility index (Phi) is 7.51. The number of amides is 1. The van der Waals surface area contributed by atoms with Crippen LogP contribution in [-0.2, 0) is 12.3 Å². The quantitative estimate of drug-likeness (QED) is 0.521. The summed E-state index contributed by atoms with van der Waals surface area (Å²) in [5.41, 5.74) is 5.56. The van der Waals surface area contributed by atoms with Gasteiger partial charge in [-0.3, -0.25) is 4.79 Å². The number of nitrogens with one attached hydrogen (secondary N) is 1. The van der Waals surface area contributed by atoms with Gasteiger partial charge in [0.1, 0.15) is 0 Å². The van der Waals surface area contributed by atoms with Crippen molar-refractivity contribution < 1.29 is 4.79 Å². The molecular weight excluding hydrogens is 414 g/mol. The minimum Gasteiger partial charge on any atom is -0.369 e. The summed E-state index contributed by atoms with van der Waals surface area (Å²) in [6.07, 6.45) is 0. The van der Waals surface area contributed by atoms with E-state index in [2.05, 4.69) is 77.6 Å². The highest BCUT2D eigenvalue weighted by Crippen LogP contribution is 2.23. The van der Waals surface area contributed by atoms with Crippen molar-refractivity contribution in [2.24, 2.45) is 0 Å². The number of rotatable bonds is 7. The van der Waals surface area contributed by atoms with Crippen molar-refractivity contribution in [2.75, 3.05) is 38.1 Å². The molecule has 0 radical (unpaired) electrons. The van der Waals surface area contributed by atoms with Gasteiger partial charge in [-0.2, -0.15) is 0 Å². The lowest BCUT2D eigenvalue weighted by Crippen LogP contribution is -2.44. The minimum absolute atomic E-state index is 0.0362. The van der Waals surface area contributed by atoms with E-state index in [-0.39, 0.29) is 5.91 Å². The van der Waals surface area contributed by atoms with Crippen LogP contribution in [0.15, 0.2) is 77.7 Å². The fourth-order valence-corrected chi connectivity index (χ4v) is 4.58. The number of hydrogen-bond acceptors (Lipinski definition) is 4. The molecule has 3 aromatic rings. The normalized spacial score (nSPS) is 14.4. The molecule has 1 saturated heterocycles. The summed E-state index contributed by atoms with van der Waals surface area (Å²) in [6.45, 7) is 6.95. The van der Waals surface area contributed by atoms with Crippen LogP contribution in [0.2, 0.25) is 0 Å². The Morgan fingerprint density at radius 1 is 0.844 bits per heavy atom. The van der Waals surface area contributed by atoms with Gasteiger partial charge in [-0.15, -0.1) is 11.8 Å². The molecule has 1 heterocycles. The van der Waals surface area contributed by atoms with E-state index in [0.29, 0.717) is 12.1 Å². The summed E-state index contributed by atoms with van der Waals surface area (Å²) < 4.78 is 0. The van der Waals surface area contributed by atoms with Crippen LogP contribution < -0.4 is 10.2 Å². The molecule has 0 atom stereocenters. The lowest BCUT2D eigenvalue weighted by Gasteiger charge is -2.34. The van der Waals surface area contributed by atoms with Crippen LogP contribution in [0.1, 0.15) is 27.0 Å². The molecule has 4 rings (SSSR count). The Hall–Kier alpha value is -2.76. The maximum atomic E-state index is 12.6. The second-order valence-electron chi connectivity index (χ2n) is 8.44. The maximum absolute atomic E-state index is 12.6. The van der Waals surface area contributed by atoms with Gasteiger partial charge in [-0.05, 0) is 61.5 Å². The van der Waals surface area contributed by atoms with Gasteiger partial charge in [0.25, 0.3) is 5.91 Å². The molecule has 0 aliphatic carbocycles. The third-order valence-electron chi connectivity index (χ3n) is 5.90. The van der Waals surface area contributed by atoms with Crippen molar-refractivity contribution in [2.45, 2.75) is 24.1 Å². The molecule has 4 nitrogen and oxygen atoms in total. The molecule has 0 aromatic heterocycles. The maximum Gasteiger partial charge on any atom is 0.251 e. The largest absolute Gasteiger partial charge is 0.369 e. The van der Waals surface area contributed by atoms with Gasteiger partial charge in [-0.25, -0.2) is 0 Å². The third kappa shape index (κ3) is 6.15. The number of hydrogen-bond donors (Lipinski definition) is 1. The van der Waals surface area contributed by atoms with Crippen molar-refractivity contribution in [3.63, 3.8) is 0 Å². The van der Waals surface area contributed by atoms with Gasteiger partial charge in [0.05, 0.1) is 0 Å². The highest BCUT2D eigenvalue weighted by Gasteiger charge is 2.14.